The van der Waals surface area contributed by atoms with E-state index >= 15 is 0 Å². The second kappa shape index (κ2) is 8.31. The quantitative estimate of drug-likeness (QED) is 0.666. The first-order valence-electron chi connectivity index (χ1n) is 9.28. The summed E-state index contributed by atoms with van der Waals surface area (Å²) in [7, 11) is 1.65. The van der Waals surface area contributed by atoms with Crippen molar-refractivity contribution in [3.8, 4) is 22.9 Å². The molecule has 4 rings (SSSR count). The van der Waals surface area contributed by atoms with Gasteiger partial charge in [0.05, 0.1) is 32.6 Å². The third kappa shape index (κ3) is 4.09. The molecule has 1 N–H and O–H groups in total. The highest BCUT2D eigenvalue weighted by molar-refractivity contribution is 5.59. The van der Waals surface area contributed by atoms with Crippen LogP contribution in [0.5, 0.6) is 11.5 Å². The minimum atomic E-state index is 0.0921. The van der Waals surface area contributed by atoms with Gasteiger partial charge in [0.1, 0.15) is 17.6 Å². The fourth-order valence-electron chi connectivity index (χ4n) is 3.07. The maximum Gasteiger partial charge on any atom is 0.246 e. The Morgan fingerprint density at radius 1 is 1.18 bits per heavy atom. The van der Waals surface area contributed by atoms with E-state index in [1.54, 1.807) is 7.11 Å². The first-order valence-corrected chi connectivity index (χ1v) is 9.28. The number of anilines is 1. The number of hydrogen-bond acceptors (Lipinski definition) is 7. The van der Waals surface area contributed by atoms with Gasteiger partial charge in [-0.1, -0.05) is 29.4 Å². The van der Waals surface area contributed by atoms with E-state index in [1.807, 2.05) is 49.4 Å². The molecule has 0 spiro atoms. The second-order valence-electron chi connectivity index (χ2n) is 6.65. The maximum atomic E-state index is 6.04. The third-order valence-corrected chi connectivity index (χ3v) is 4.63. The number of ether oxygens (including phenoxy) is 3. The lowest BCUT2D eigenvalue weighted by Crippen LogP contribution is -2.16. The van der Waals surface area contributed by atoms with Crippen LogP contribution in [0.3, 0.4) is 0 Å². The van der Waals surface area contributed by atoms with E-state index in [1.165, 1.54) is 0 Å². The highest BCUT2D eigenvalue weighted by Crippen LogP contribution is 2.28. The van der Waals surface area contributed by atoms with Gasteiger partial charge in [-0.2, -0.15) is 4.98 Å². The lowest BCUT2D eigenvalue weighted by molar-refractivity contribution is 0.142. The van der Waals surface area contributed by atoms with Crippen LogP contribution in [0.2, 0.25) is 0 Å². The Labute approximate surface area is 163 Å². The van der Waals surface area contributed by atoms with Crippen molar-refractivity contribution in [2.75, 3.05) is 25.6 Å². The number of nitrogens with zero attached hydrogens (tertiary/aromatic N) is 2. The van der Waals surface area contributed by atoms with Crippen LogP contribution < -0.4 is 14.8 Å². The molecule has 7 heteroatoms. The Bertz CT molecular complexity index is 935. The molecule has 1 aliphatic heterocycles. The Hall–Kier alpha value is -3.06. The Morgan fingerprint density at radius 2 is 2.07 bits per heavy atom. The summed E-state index contributed by atoms with van der Waals surface area (Å²) >= 11 is 0. The molecule has 3 aromatic rings. The number of rotatable bonds is 7. The van der Waals surface area contributed by atoms with Crippen molar-refractivity contribution in [3.63, 3.8) is 0 Å². The molecule has 28 heavy (non-hydrogen) atoms. The predicted octanol–water partition coefficient (Wildman–Crippen LogP) is 3.83. The number of benzene rings is 2. The van der Waals surface area contributed by atoms with Gasteiger partial charge in [-0.25, -0.2) is 0 Å². The van der Waals surface area contributed by atoms with Gasteiger partial charge in [0, 0.05) is 12.0 Å². The summed E-state index contributed by atoms with van der Waals surface area (Å²) in [6.45, 7) is 3.76. The van der Waals surface area contributed by atoms with E-state index in [2.05, 4.69) is 15.5 Å². The largest absolute Gasteiger partial charge is 0.496 e. The first-order chi connectivity index (χ1) is 13.7. The Morgan fingerprint density at radius 3 is 2.89 bits per heavy atom. The van der Waals surface area contributed by atoms with Crippen molar-refractivity contribution in [1.82, 2.24) is 10.1 Å². The molecular weight excluding hydrogens is 358 g/mol. The topological polar surface area (TPSA) is 78.6 Å². The molecule has 0 bridgehead atoms. The molecule has 2 aromatic carbocycles. The van der Waals surface area contributed by atoms with Crippen molar-refractivity contribution in [3.05, 3.63) is 53.9 Å². The van der Waals surface area contributed by atoms with E-state index in [-0.39, 0.29) is 6.10 Å². The number of nitrogens with one attached hydrogen (secondary N) is 1. The predicted molar refractivity (Wildman–Crippen MR) is 105 cm³/mol. The molecule has 0 radical (unpaired) electrons. The number of methoxy groups -OCH3 is 1. The zero-order valence-corrected chi connectivity index (χ0v) is 16.0. The van der Waals surface area contributed by atoms with Crippen LogP contribution >= 0.6 is 0 Å². The number of aryl methyl sites for hydroxylation is 1. The van der Waals surface area contributed by atoms with Crippen LogP contribution in [0.25, 0.3) is 11.4 Å². The molecule has 0 amide bonds. The molecule has 1 aromatic heterocycles. The van der Waals surface area contributed by atoms with Gasteiger partial charge in [-0.3, -0.25) is 0 Å². The summed E-state index contributed by atoms with van der Waals surface area (Å²) in [5, 5.41) is 7.39. The lowest BCUT2D eigenvalue weighted by atomic mass is 10.1. The molecule has 1 unspecified atom stereocenters. The van der Waals surface area contributed by atoms with E-state index in [0.29, 0.717) is 24.9 Å². The van der Waals surface area contributed by atoms with E-state index in [0.717, 1.165) is 41.3 Å². The molecular formula is C21H23N3O4. The van der Waals surface area contributed by atoms with Crippen LogP contribution in [-0.4, -0.2) is 36.6 Å². The second-order valence-corrected chi connectivity index (χ2v) is 6.65. The maximum absolute atomic E-state index is 6.04. The van der Waals surface area contributed by atoms with Crippen molar-refractivity contribution < 1.29 is 18.7 Å². The molecule has 146 valence electrons. The summed E-state index contributed by atoms with van der Waals surface area (Å²) in [5.41, 5.74) is 2.79. The van der Waals surface area contributed by atoms with Crippen molar-refractivity contribution in [2.24, 2.45) is 0 Å². The highest BCUT2D eigenvalue weighted by Gasteiger charge is 2.18. The molecule has 2 heterocycles. The average Bonchev–Trinajstić information content (AvgIpc) is 3.40. The fraction of sp³-hybridized carbons (Fsp3) is 0.333. The van der Waals surface area contributed by atoms with Gasteiger partial charge >= 0.3 is 0 Å². The minimum absolute atomic E-state index is 0.0921. The van der Waals surface area contributed by atoms with Crippen LogP contribution in [0.1, 0.15) is 17.9 Å². The molecule has 0 aliphatic carbocycles. The van der Waals surface area contributed by atoms with Crippen molar-refractivity contribution in [1.29, 1.82) is 0 Å². The van der Waals surface area contributed by atoms with E-state index in [9.17, 15) is 0 Å². The number of aromatic nitrogens is 2. The van der Waals surface area contributed by atoms with Crippen LogP contribution in [0.4, 0.5) is 5.69 Å². The zero-order chi connectivity index (χ0) is 19.3. The summed E-state index contributed by atoms with van der Waals surface area (Å²) in [4.78, 5) is 4.48. The molecule has 1 atom stereocenters. The van der Waals surface area contributed by atoms with Gasteiger partial charge < -0.3 is 24.1 Å². The van der Waals surface area contributed by atoms with Gasteiger partial charge in [0.25, 0.3) is 0 Å². The molecule has 1 saturated heterocycles. The van der Waals surface area contributed by atoms with E-state index < -0.39 is 0 Å². The average molecular weight is 381 g/mol. The fourth-order valence-corrected chi connectivity index (χ4v) is 3.07. The number of hydrogen-bond donors (Lipinski definition) is 1. The molecule has 1 aliphatic rings. The Kier molecular flexibility index (Phi) is 5.43. The van der Waals surface area contributed by atoms with Crippen LogP contribution in [0, 0.1) is 6.92 Å². The summed E-state index contributed by atoms with van der Waals surface area (Å²) in [5.74, 6) is 2.61. The molecule has 7 nitrogen and oxygen atoms in total. The smallest absolute Gasteiger partial charge is 0.246 e. The van der Waals surface area contributed by atoms with Crippen molar-refractivity contribution in [2.45, 2.75) is 26.0 Å². The first kappa shape index (κ1) is 18.3. The minimum Gasteiger partial charge on any atom is -0.496 e. The number of para-hydroxylation sites is 2. The lowest BCUT2D eigenvalue weighted by Gasteiger charge is -2.15. The van der Waals surface area contributed by atoms with Gasteiger partial charge in [-0.15, -0.1) is 0 Å². The highest BCUT2D eigenvalue weighted by atomic mass is 16.5. The van der Waals surface area contributed by atoms with Crippen molar-refractivity contribution >= 4 is 5.69 Å². The van der Waals surface area contributed by atoms with Gasteiger partial charge in [0.2, 0.25) is 11.7 Å². The summed E-state index contributed by atoms with van der Waals surface area (Å²) in [6, 6.07) is 13.6. The molecule has 0 saturated carbocycles. The van der Waals surface area contributed by atoms with Crippen LogP contribution in [0.15, 0.2) is 47.0 Å². The summed E-state index contributed by atoms with van der Waals surface area (Å²) < 4.78 is 22.2. The zero-order valence-electron chi connectivity index (χ0n) is 16.0. The molecule has 1 fully saturated rings. The summed E-state index contributed by atoms with van der Waals surface area (Å²) in [6.07, 6.45) is 0.996. The van der Waals surface area contributed by atoms with Gasteiger partial charge in [-0.05, 0) is 30.7 Å². The normalized spacial score (nSPS) is 16.1. The Balaban J connectivity index is 1.44. The van der Waals surface area contributed by atoms with Crippen LogP contribution in [-0.2, 0) is 11.3 Å². The third-order valence-electron chi connectivity index (χ3n) is 4.63. The monoisotopic (exact) mass is 381 g/mol. The van der Waals surface area contributed by atoms with Gasteiger partial charge in [0.15, 0.2) is 0 Å². The standard InChI is InChI=1S/C21H23N3O4/c1-14-7-8-15(11-19(14)25-2)21-23-20(28-24-21)12-22-17-5-3-4-6-18(17)27-16-9-10-26-13-16/h3-8,11,16,22H,9-10,12-13H2,1-2H3. The SMILES string of the molecule is COc1cc(-c2noc(CNc3ccccc3OC3CCOC3)n2)ccc1C. The van der Waals surface area contributed by atoms with E-state index in [4.69, 9.17) is 18.7 Å².